The third-order valence-electron chi connectivity index (χ3n) is 5.67. The van der Waals surface area contributed by atoms with Crippen LogP contribution in [0.4, 0.5) is 16.5 Å². The van der Waals surface area contributed by atoms with E-state index in [4.69, 9.17) is 9.15 Å². The van der Waals surface area contributed by atoms with Crippen LogP contribution in [-0.4, -0.2) is 70.5 Å². The summed E-state index contributed by atoms with van der Waals surface area (Å²) in [6.07, 6.45) is 1.71. The van der Waals surface area contributed by atoms with Crippen molar-refractivity contribution < 1.29 is 13.9 Å². The molecule has 30 heavy (non-hydrogen) atoms. The van der Waals surface area contributed by atoms with Gasteiger partial charge in [-0.25, -0.2) is 9.78 Å². The Morgan fingerprint density at radius 2 is 1.97 bits per heavy atom. The number of oxazole rings is 1. The van der Waals surface area contributed by atoms with Crippen LogP contribution >= 0.6 is 0 Å². The van der Waals surface area contributed by atoms with E-state index in [1.54, 1.807) is 0 Å². The summed E-state index contributed by atoms with van der Waals surface area (Å²) < 4.78 is 11.3. The summed E-state index contributed by atoms with van der Waals surface area (Å²) >= 11 is 0. The molecule has 0 spiro atoms. The van der Waals surface area contributed by atoms with Gasteiger partial charge in [0, 0.05) is 43.9 Å². The number of H-pyrrole nitrogens is 1. The molecule has 2 N–H and O–H groups in total. The number of carbonyl (C=O) groups is 1. The van der Waals surface area contributed by atoms with Crippen molar-refractivity contribution in [2.45, 2.75) is 25.7 Å². The second-order valence-electron chi connectivity index (χ2n) is 7.75. The lowest BCUT2D eigenvalue weighted by Gasteiger charge is -2.30. The number of aromatic nitrogens is 4. The van der Waals surface area contributed by atoms with Gasteiger partial charge in [0.2, 0.25) is 0 Å². The summed E-state index contributed by atoms with van der Waals surface area (Å²) in [7, 11) is 0. The van der Waals surface area contributed by atoms with Crippen molar-refractivity contribution in [1.82, 2.24) is 25.1 Å². The zero-order chi connectivity index (χ0) is 20.5. The minimum Gasteiger partial charge on any atom is -0.423 e. The number of fused-ring (bicyclic) bond motifs is 1. The average molecular weight is 411 g/mol. The molecule has 0 radical (unpaired) electrons. The molecule has 5 rings (SSSR count). The number of hydrogen-bond acceptors (Lipinski definition) is 7. The van der Waals surface area contributed by atoms with Gasteiger partial charge in [0.05, 0.1) is 13.2 Å². The largest absolute Gasteiger partial charge is 0.423 e. The standard InChI is InChI=1S/C20H25N7O3/c1-13-21-18(25-24-13)14-4-6-26(7-5-14)19(28)22-15-2-3-16-17(12-15)30-20(23-16)27-8-10-29-11-9-27/h2-3,12,14H,4-11H2,1H3,(H,22,28)(H,21,24,25). The number of benzene rings is 1. The van der Waals surface area contributed by atoms with Crippen LogP contribution in [0.2, 0.25) is 0 Å². The zero-order valence-corrected chi connectivity index (χ0v) is 16.9. The first kappa shape index (κ1) is 18.9. The van der Waals surface area contributed by atoms with E-state index in [1.165, 1.54) is 0 Å². The van der Waals surface area contributed by atoms with E-state index in [0.29, 0.717) is 49.5 Å². The van der Waals surface area contributed by atoms with Crippen LogP contribution in [0, 0.1) is 6.92 Å². The van der Waals surface area contributed by atoms with Crippen molar-refractivity contribution in [3.05, 3.63) is 29.8 Å². The van der Waals surface area contributed by atoms with Crippen LogP contribution in [0.1, 0.15) is 30.4 Å². The van der Waals surface area contributed by atoms with Crippen molar-refractivity contribution in [2.75, 3.05) is 49.6 Å². The second-order valence-corrected chi connectivity index (χ2v) is 7.75. The Morgan fingerprint density at radius 3 is 2.70 bits per heavy atom. The van der Waals surface area contributed by atoms with Crippen LogP contribution in [-0.2, 0) is 4.74 Å². The third kappa shape index (κ3) is 3.82. The highest BCUT2D eigenvalue weighted by Crippen LogP contribution is 2.27. The molecule has 158 valence electrons. The average Bonchev–Trinajstić information content (AvgIpc) is 3.40. The Kier molecular flexibility index (Phi) is 4.99. The molecule has 4 heterocycles. The predicted octanol–water partition coefficient (Wildman–Crippen LogP) is 2.50. The Labute approximate surface area is 173 Å². The molecule has 10 heteroatoms. The second kappa shape index (κ2) is 7.94. The van der Waals surface area contributed by atoms with E-state index in [-0.39, 0.29) is 6.03 Å². The van der Waals surface area contributed by atoms with Crippen LogP contribution in [0.25, 0.3) is 11.1 Å². The lowest BCUT2D eigenvalue weighted by atomic mass is 9.96. The molecule has 3 aromatic rings. The lowest BCUT2D eigenvalue weighted by Crippen LogP contribution is -2.40. The van der Waals surface area contributed by atoms with Gasteiger partial charge >= 0.3 is 6.03 Å². The first-order valence-electron chi connectivity index (χ1n) is 10.3. The van der Waals surface area contributed by atoms with Gasteiger partial charge in [-0.05, 0) is 31.9 Å². The van der Waals surface area contributed by atoms with Gasteiger partial charge in [-0.15, -0.1) is 0 Å². The van der Waals surface area contributed by atoms with Crippen molar-refractivity contribution in [3.8, 4) is 0 Å². The highest BCUT2D eigenvalue weighted by molar-refractivity contribution is 5.91. The SMILES string of the molecule is Cc1nc(C2CCN(C(=O)Nc3ccc4nc(N5CCOCC5)oc4c3)CC2)n[nH]1. The molecule has 2 amide bonds. The number of anilines is 2. The number of urea groups is 1. The fourth-order valence-electron chi connectivity index (χ4n) is 3.97. The Morgan fingerprint density at radius 1 is 1.17 bits per heavy atom. The fourth-order valence-corrected chi connectivity index (χ4v) is 3.97. The summed E-state index contributed by atoms with van der Waals surface area (Å²) in [5.74, 6) is 1.97. The quantitative estimate of drug-likeness (QED) is 0.681. The van der Waals surface area contributed by atoms with Gasteiger partial charge in [-0.1, -0.05) is 0 Å². The molecular formula is C20H25N7O3. The summed E-state index contributed by atoms with van der Waals surface area (Å²) in [4.78, 5) is 25.6. The molecule has 2 aliphatic heterocycles. The molecular weight excluding hydrogens is 386 g/mol. The van der Waals surface area contributed by atoms with Crippen molar-refractivity contribution in [1.29, 1.82) is 0 Å². The Hall–Kier alpha value is -3.14. The first-order chi connectivity index (χ1) is 14.7. The van der Waals surface area contributed by atoms with E-state index in [1.807, 2.05) is 30.0 Å². The third-order valence-corrected chi connectivity index (χ3v) is 5.67. The van der Waals surface area contributed by atoms with Gasteiger partial charge < -0.3 is 24.3 Å². The number of rotatable bonds is 3. The molecule has 0 aliphatic carbocycles. The maximum atomic E-state index is 12.7. The number of aromatic amines is 1. The first-order valence-corrected chi connectivity index (χ1v) is 10.3. The van der Waals surface area contributed by atoms with Crippen molar-refractivity contribution in [2.24, 2.45) is 0 Å². The van der Waals surface area contributed by atoms with Gasteiger partial charge in [0.25, 0.3) is 6.01 Å². The molecule has 2 aromatic heterocycles. The zero-order valence-electron chi connectivity index (χ0n) is 16.9. The number of amides is 2. The van der Waals surface area contributed by atoms with Crippen LogP contribution in [0.15, 0.2) is 22.6 Å². The number of carbonyl (C=O) groups excluding carboxylic acids is 1. The van der Waals surface area contributed by atoms with Gasteiger partial charge in [0.1, 0.15) is 11.3 Å². The van der Waals surface area contributed by atoms with E-state index >= 15 is 0 Å². The minimum atomic E-state index is -0.105. The minimum absolute atomic E-state index is 0.105. The van der Waals surface area contributed by atoms with Crippen LogP contribution in [0.5, 0.6) is 0 Å². The number of likely N-dealkylation sites (tertiary alicyclic amines) is 1. The van der Waals surface area contributed by atoms with E-state index in [0.717, 1.165) is 43.1 Å². The fraction of sp³-hybridized carbons (Fsp3) is 0.500. The number of piperidine rings is 1. The molecule has 0 atom stereocenters. The highest BCUT2D eigenvalue weighted by atomic mass is 16.5. The maximum Gasteiger partial charge on any atom is 0.321 e. The molecule has 10 nitrogen and oxygen atoms in total. The summed E-state index contributed by atoms with van der Waals surface area (Å²) in [6, 6.07) is 6.05. The summed E-state index contributed by atoms with van der Waals surface area (Å²) in [5, 5.41) is 10.1. The monoisotopic (exact) mass is 411 g/mol. The normalized spacial score (nSPS) is 18.2. The number of morpholine rings is 1. The van der Waals surface area contributed by atoms with E-state index in [9.17, 15) is 4.79 Å². The maximum absolute atomic E-state index is 12.7. The summed E-state index contributed by atoms with van der Waals surface area (Å²) in [5.41, 5.74) is 2.13. The number of aryl methyl sites for hydroxylation is 1. The smallest absolute Gasteiger partial charge is 0.321 e. The topological polar surface area (TPSA) is 112 Å². The summed E-state index contributed by atoms with van der Waals surface area (Å²) in [6.45, 7) is 6.12. The molecule has 0 bridgehead atoms. The molecule has 1 aromatic carbocycles. The van der Waals surface area contributed by atoms with E-state index < -0.39 is 0 Å². The van der Waals surface area contributed by atoms with Crippen molar-refractivity contribution >= 4 is 28.8 Å². The van der Waals surface area contributed by atoms with Crippen LogP contribution in [0.3, 0.4) is 0 Å². The number of nitrogens with one attached hydrogen (secondary N) is 2. The van der Waals surface area contributed by atoms with Gasteiger partial charge in [0.15, 0.2) is 11.4 Å². The number of hydrogen-bond donors (Lipinski definition) is 2. The molecule has 0 unspecified atom stereocenters. The molecule has 2 saturated heterocycles. The van der Waals surface area contributed by atoms with Gasteiger partial charge in [-0.3, -0.25) is 5.10 Å². The molecule has 0 saturated carbocycles. The predicted molar refractivity (Wildman–Crippen MR) is 111 cm³/mol. The Balaban J connectivity index is 1.21. The van der Waals surface area contributed by atoms with Gasteiger partial charge in [-0.2, -0.15) is 10.1 Å². The highest BCUT2D eigenvalue weighted by Gasteiger charge is 2.26. The molecule has 2 aliphatic rings. The molecule has 2 fully saturated rings. The number of nitrogens with zero attached hydrogens (tertiary/aromatic N) is 5. The van der Waals surface area contributed by atoms with E-state index in [2.05, 4.69) is 30.4 Å². The Bertz CT molecular complexity index is 1030. The van der Waals surface area contributed by atoms with Crippen LogP contribution < -0.4 is 10.2 Å². The number of ether oxygens (including phenoxy) is 1. The lowest BCUT2D eigenvalue weighted by molar-refractivity contribution is 0.120. The van der Waals surface area contributed by atoms with Crippen molar-refractivity contribution in [3.63, 3.8) is 0 Å².